The third kappa shape index (κ3) is 3.22. The maximum absolute atomic E-state index is 3.96. The normalized spacial score (nSPS) is 9.08. The minimum atomic E-state index is 0. The van der Waals surface area contributed by atoms with Crippen molar-refractivity contribution in [3.8, 4) is 0 Å². The number of allylic oxidation sites excluding steroid dienone is 1. The van der Waals surface area contributed by atoms with Crippen LogP contribution in [0.15, 0.2) is 25.3 Å². The first-order valence-corrected chi connectivity index (χ1v) is 4.00. The van der Waals surface area contributed by atoms with Crippen LogP contribution >= 0.6 is 17.0 Å². The minimum absolute atomic E-state index is 0. The molecule has 0 unspecified atom stereocenters. The molecular formula is C9H15BrN2. The second kappa shape index (κ2) is 6.00. The highest BCUT2D eigenvalue weighted by Gasteiger charge is 1.94. The van der Waals surface area contributed by atoms with Gasteiger partial charge in [0.1, 0.15) is 0 Å². The van der Waals surface area contributed by atoms with Gasteiger partial charge < -0.3 is 4.57 Å². The molecule has 0 bridgehead atoms. The molecule has 0 saturated heterocycles. The van der Waals surface area contributed by atoms with Crippen LogP contribution in [-0.2, 0) is 0 Å². The molecule has 1 aromatic heterocycles. The molecule has 0 fully saturated rings. The quantitative estimate of drug-likeness (QED) is 0.778. The number of rotatable bonds is 4. The van der Waals surface area contributed by atoms with Crippen molar-refractivity contribution >= 4 is 22.7 Å². The average Bonchev–Trinajstić information content (AvgIpc) is 2.52. The highest BCUT2D eigenvalue weighted by Crippen LogP contribution is 2.09. The van der Waals surface area contributed by atoms with Crippen LogP contribution < -0.4 is 0 Å². The highest BCUT2D eigenvalue weighted by atomic mass is 79.9. The maximum atomic E-state index is 3.96. The zero-order chi connectivity index (χ0) is 8.10. The van der Waals surface area contributed by atoms with E-state index in [0.29, 0.717) is 0 Å². The summed E-state index contributed by atoms with van der Waals surface area (Å²) in [7, 11) is 0. The van der Waals surface area contributed by atoms with Gasteiger partial charge in [0.15, 0.2) is 0 Å². The van der Waals surface area contributed by atoms with E-state index in [0.717, 1.165) is 12.1 Å². The van der Waals surface area contributed by atoms with Gasteiger partial charge in [-0.25, -0.2) is 4.98 Å². The Morgan fingerprint density at radius 1 is 1.58 bits per heavy atom. The molecule has 0 aliphatic heterocycles. The minimum Gasteiger partial charge on any atom is -0.311 e. The van der Waals surface area contributed by atoms with Crippen molar-refractivity contribution in [2.24, 2.45) is 0 Å². The van der Waals surface area contributed by atoms with Crippen molar-refractivity contribution in [3.63, 3.8) is 0 Å². The molecule has 0 aliphatic rings. The zero-order valence-electron chi connectivity index (χ0n) is 7.36. The maximum Gasteiger partial charge on any atom is 0.0988 e. The summed E-state index contributed by atoms with van der Waals surface area (Å²) < 4.78 is 1.97. The molecule has 0 spiro atoms. The molecule has 0 aliphatic carbocycles. The highest BCUT2D eigenvalue weighted by molar-refractivity contribution is 8.93. The van der Waals surface area contributed by atoms with Gasteiger partial charge in [0, 0.05) is 18.1 Å². The zero-order valence-corrected chi connectivity index (χ0v) is 9.08. The summed E-state index contributed by atoms with van der Waals surface area (Å²) in [6, 6.07) is 0. The molecule has 0 N–H and O–H groups in total. The van der Waals surface area contributed by atoms with Gasteiger partial charge in [0.2, 0.25) is 0 Å². The van der Waals surface area contributed by atoms with Crippen LogP contribution in [-0.4, -0.2) is 9.55 Å². The van der Waals surface area contributed by atoms with Crippen LogP contribution in [0.1, 0.15) is 26.2 Å². The Morgan fingerprint density at radius 2 is 2.33 bits per heavy atom. The van der Waals surface area contributed by atoms with Crippen LogP contribution in [0.3, 0.4) is 0 Å². The fourth-order valence-electron chi connectivity index (χ4n) is 0.956. The summed E-state index contributed by atoms with van der Waals surface area (Å²) in [5.74, 6) is 0. The molecule has 3 heteroatoms. The summed E-state index contributed by atoms with van der Waals surface area (Å²) in [6.45, 7) is 6.14. The molecule has 0 saturated carbocycles. The van der Waals surface area contributed by atoms with Crippen molar-refractivity contribution in [2.75, 3.05) is 0 Å². The lowest BCUT2D eigenvalue weighted by atomic mass is 10.2. The number of unbranched alkanes of at least 4 members (excludes halogenated alkanes) is 1. The molecule has 1 rings (SSSR count). The Bertz CT molecular complexity index is 216. The number of hydrogen-bond donors (Lipinski definition) is 0. The third-order valence-corrected chi connectivity index (χ3v) is 1.69. The van der Waals surface area contributed by atoms with Crippen LogP contribution in [0, 0.1) is 0 Å². The number of aromatic nitrogens is 2. The monoisotopic (exact) mass is 230 g/mol. The van der Waals surface area contributed by atoms with E-state index >= 15 is 0 Å². The van der Waals surface area contributed by atoms with Crippen molar-refractivity contribution in [1.29, 1.82) is 0 Å². The van der Waals surface area contributed by atoms with Gasteiger partial charge in [0.05, 0.1) is 6.33 Å². The smallest absolute Gasteiger partial charge is 0.0988 e. The average molecular weight is 231 g/mol. The molecule has 68 valence electrons. The molecule has 12 heavy (non-hydrogen) atoms. The fourth-order valence-corrected chi connectivity index (χ4v) is 0.956. The van der Waals surface area contributed by atoms with E-state index in [1.54, 1.807) is 12.5 Å². The van der Waals surface area contributed by atoms with Crippen LogP contribution in [0.4, 0.5) is 0 Å². The summed E-state index contributed by atoms with van der Waals surface area (Å²) >= 11 is 0. The summed E-state index contributed by atoms with van der Waals surface area (Å²) in [4.78, 5) is 3.95. The van der Waals surface area contributed by atoms with E-state index < -0.39 is 0 Å². The molecule has 2 nitrogen and oxygen atoms in total. The lowest BCUT2D eigenvalue weighted by molar-refractivity contribution is 0.798. The first kappa shape index (κ1) is 11.4. The van der Waals surface area contributed by atoms with Crippen molar-refractivity contribution in [1.82, 2.24) is 9.55 Å². The van der Waals surface area contributed by atoms with Gasteiger partial charge in [0.25, 0.3) is 0 Å². The molecule has 0 amide bonds. The number of hydrogen-bond acceptors (Lipinski definition) is 1. The largest absolute Gasteiger partial charge is 0.311 e. The molecular weight excluding hydrogens is 216 g/mol. The van der Waals surface area contributed by atoms with E-state index in [1.165, 1.54) is 12.8 Å². The Balaban J connectivity index is 0.00000121. The second-order valence-corrected chi connectivity index (χ2v) is 2.64. The van der Waals surface area contributed by atoms with E-state index in [2.05, 4.69) is 18.5 Å². The number of imidazole rings is 1. The van der Waals surface area contributed by atoms with Gasteiger partial charge in [-0.3, -0.25) is 0 Å². The Morgan fingerprint density at radius 3 is 2.83 bits per heavy atom. The Kier molecular flexibility index (Phi) is 5.72. The third-order valence-electron chi connectivity index (χ3n) is 1.69. The van der Waals surface area contributed by atoms with Gasteiger partial charge >= 0.3 is 0 Å². The fraction of sp³-hybridized carbons (Fsp3) is 0.444. The summed E-state index contributed by atoms with van der Waals surface area (Å²) in [5.41, 5.74) is 1.13. The van der Waals surface area contributed by atoms with E-state index in [9.17, 15) is 0 Å². The van der Waals surface area contributed by atoms with Crippen LogP contribution in [0.2, 0.25) is 0 Å². The lowest BCUT2D eigenvalue weighted by Gasteiger charge is -2.03. The van der Waals surface area contributed by atoms with Gasteiger partial charge in [-0.05, 0) is 12.8 Å². The molecule has 0 aromatic carbocycles. The van der Waals surface area contributed by atoms with Gasteiger partial charge in [-0.1, -0.05) is 19.9 Å². The Labute approximate surface area is 84.1 Å². The predicted octanol–water partition coefficient (Wildman–Crippen LogP) is 3.12. The molecule has 1 heterocycles. The van der Waals surface area contributed by atoms with Crippen molar-refractivity contribution < 1.29 is 0 Å². The topological polar surface area (TPSA) is 17.8 Å². The SMILES string of the molecule is Br.C=C(CCCC)n1ccnc1. The van der Waals surface area contributed by atoms with Crippen molar-refractivity contribution in [2.45, 2.75) is 26.2 Å². The predicted molar refractivity (Wildman–Crippen MR) is 57.4 cm³/mol. The van der Waals surface area contributed by atoms with E-state index in [4.69, 9.17) is 0 Å². The van der Waals surface area contributed by atoms with Crippen LogP contribution in [0.25, 0.3) is 5.70 Å². The first-order chi connectivity index (χ1) is 5.34. The number of nitrogens with zero attached hydrogens (tertiary/aromatic N) is 2. The van der Waals surface area contributed by atoms with E-state index in [-0.39, 0.29) is 17.0 Å². The van der Waals surface area contributed by atoms with Gasteiger partial charge in [-0.2, -0.15) is 0 Å². The molecule has 0 atom stereocenters. The van der Waals surface area contributed by atoms with Crippen LogP contribution in [0.5, 0.6) is 0 Å². The Hall–Kier alpha value is -0.570. The molecule has 0 radical (unpaired) electrons. The standard InChI is InChI=1S/C9H14N2.BrH/c1-3-4-5-9(2)11-7-6-10-8-11;/h6-8H,2-5H2,1H3;1H. The molecule has 1 aromatic rings. The number of halogens is 1. The first-order valence-electron chi connectivity index (χ1n) is 4.00. The second-order valence-electron chi connectivity index (χ2n) is 2.64. The van der Waals surface area contributed by atoms with Gasteiger partial charge in [-0.15, -0.1) is 17.0 Å². The lowest BCUT2D eigenvalue weighted by Crippen LogP contribution is -1.91. The summed E-state index contributed by atoms with van der Waals surface area (Å²) in [5, 5.41) is 0. The van der Waals surface area contributed by atoms with E-state index in [1.807, 2.05) is 10.8 Å². The van der Waals surface area contributed by atoms with Crippen molar-refractivity contribution in [3.05, 3.63) is 25.3 Å². The summed E-state index contributed by atoms with van der Waals surface area (Å²) in [6.07, 6.45) is 8.98.